The lowest BCUT2D eigenvalue weighted by Gasteiger charge is -2.27. The lowest BCUT2D eigenvalue weighted by molar-refractivity contribution is 0.360. The summed E-state index contributed by atoms with van der Waals surface area (Å²) in [7, 11) is 3.87. The van der Waals surface area contributed by atoms with Crippen molar-refractivity contribution in [2.75, 3.05) is 39.0 Å². The molecule has 1 heterocycles. The fourth-order valence-electron chi connectivity index (χ4n) is 3.48. The summed E-state index contributed by atoms with van der Waals surface area (Å²) in [4.78, 5) is 9.20. The maximum absolute atomic E-state index is 4.76. The molecule has 0 bridgehead atoms. The van der Waals surface area contributed by atoms with Gasteiger partial charge in [-0.3, -0.25) is 0 Å². The molecule has 2 rings (SSSR count). The van der Waals surface area contributed by atoms with Gasteiger partial charge in [0.2, 0.25) is 5.95 Å². The zero-order valence-corrected chi connectivity index (χ0v) is 20.3. The number of anilines is 1. The van der Waals surface area contributed by atoms with Gasteiger partial charge in [0.25, 0.3) is 0 Å². The zero-order valence-electron chi connectivity index (χ0n) is 20.3. The van der Waals surface area contributed by atoms with E-state index in [4.69, 9.17) is 4.98 Å². The third-order valence-electron chi connectivity index (χ3n) is 5.35. The van der Waals surface area contributed by atoms with Crippen LogP contribution in [0.5, 0.6) is 0 Å². The van der Waals surface area contributed by atoms with Gasteiger partial charge in [-0.25, -0.2) is 9.97 Å². The third-order valence-corrected chi connectivity index (χ3v) is 5.35. The van der Waals surface area contributed by atoms with E-state index in [0.29, 0.717) is 12.0 Å². The highest BCUT2D eigenvalue weighted by atomic mass is 15.1. The van der Waals surface area contributed by atoms with Crippen molar-refractivity contribution in [2.45, 2.75) is 58.9 Å². The molecule has 1 aliphatic carbocycles. The molecule has 1 aromatic heterocycles. The second-order valence-electron chi connectivity index (χ2n) is 7.78. The molecule has 1 fully saturated rings. The minimum atomic E-state index is 0.472. The van der Waals surface area contributed by atoms with Crippen molar-refractivity contribution in [3.8, 4) is 0 Å². The summed E-state index contributed by atoms with van der Waals surface area (Å²) < 4.78 is 0. The summed E-state index contributed by atoms with van der Waals surface area (Å²) in [6.07, 6.45) is 13.8. The van der Waals surface area contributed by atoms with Gasteiger partial charge in [-0.2, -0.15) is 0 Å². The van der Waals surface area contributed by atoms with E-state index in [2.05, 4.69) is 51.9 Å². The van der Waals surface area contributed by atoms with Gasteiger partial charge >= 0.3 is 0 Å². The van der Waals surface area contributed by atoms with Crippen molar-refractivity contribution >= 4 is 11.5 Å². The van der Waals surface area contributed by atoms with Crippen LogP contribution in [0.25, 0.3) is 5.57 Å². The van der Waals surface area contributed by atoms with Gasteiger partial charge in [-0.1, -0.05) is 39.5 Å². The SMILES string of the molecule is C=C(/C(=C/C/C=C\NC)CNCCNC)c1ccnc(NC2CCC(C)CC2)n1.CC. The van der Waals surface area contributed by atoms with Crippen molar-refractivity contribution in [3.05, 3.63) is 48.5 Å². The van der Waals surface area contributed by atoms with Crippen molar-refractivity contribution in [3.63, 3.8) is 0 Å². The highest BCUT2D eigenvalue weighted by Crippen LogP contribution is 2.26. The summed E-state index contributed by atoms with van der Waals surface area (Å²) in [6.45, 7) is 13.3. The predicted octanol–water partition coefficient (Wildman–Crippen LogP) is 4.37. The number of nitrogens with one attached hydrogen (secondary N) is 4. The number of allylic oxidation sites excluding steroid dienone is 2. The molecule has 0 aliphatic heterocycles. The molecule has 1 saturated carbocycles. The van der Waals surface area contributed by atoms with Gasteiger partial charge in [0.05, 0.1) is 5.69 Å². The highest BCUT2D eigenvalue weighted by Gasteiger charge is 2.19. The van der Waals surface area contributed by atoms with Crippen LogP contribution in [0.15, 0.2) is 42.8 Å². The number of aromatic nitrogens is 2. The third kappa shape index (κ3) is 10.6. The lowest BCUT2D eigenvalue weighted by atomic mass is 9.87. The molecule has 0 atom stereocenters. The fourth-order valence-corrected chi connectivity index (χ4v) is 3.48. The molecule has 0 unspecified atom stereocenters. The average molecular weight is 429 g/mol. The maximum atomic E-state index is 4.76. The van der Waals surface area contributed by atoms with Crippen LogP contribution in [-0.4, -0.2) is 49.7 Å². The average Bonchev–Trinajstić information content (AvgIpc) is 2.80. The topological polar surface area (TPSA) is 73.9 Å². The zero-order chi connectivity index (χ0) is 22.9. The molecule has 174 valence electrons. The number of likely N-dealkylation sites (N-methyl/N-ethyl adjacent to an activating group) is 1. The van der Waals surface area contributed by atoms with E-state index in [1.54, 1.807) is 0 Å². The second-order valence-corrected chi connectivity index (χ2v) is 7.78. The monoisotopic (exact) mass is 428 g/mol. The molecule has 31 heavy (non-hydrogen) atoms. The van der Waals surface area contributed by atoms with Gasteiger partial charge in [0.1, 0.15) is 0 Å². The summed E-state index contributed by atoms with van der Waals surface area (Å²) in [5.74, 6) is 1.54. The van der Waals surface area contributed by atoms with Crippen molar-refractivity contribution < 1.29 is 0 Å². The Kier molecular flexibility index (Phi) is 14.3. The predicted molar refractivity (Wildman–Crippen MR) is 135 cm³/mol. The van der Waals surface area contributed by atoms with E-state index < -0.39 is 0 Å². The van der Waals surface area contributed by atoms with E-state index in [1.165, 1.54) is 25.7 Å². The minimum Gasteiger partial charge on any atom is -0.394 e. The minimum absolute atomic E-state index is 0.472. The van der Waals surface area contributed by atoms with Gasteiger partial charge < -0.3 is 21.3 Å². The van der Waals surface area contributed by atoms with E-state index in [-0.39, 0.29) is 0 Å². The van der Waals surface area contributed by atoms with Crippen LogP contribution < -0.4 is 21.3 Å². The van der Waals surface area contributed by atoms with Crippen LogP contribution in [0.4, 0.5) is 5.95 Å². The van der Waals surface area contributed by atoms with Crippen LogP contribution in [-0.2, 0) is 0 Å². The Morgan fingerprint density at radius 1 is 1.16 bits per heavy atom. The molecule has 0 aromatic carbocycles. The fraction of sp³-hybridized carbons (Fsp3) is 0.600. The highest BCUT2D eigenvalue weighted by molar-refractivity contribution is 5.75. The van der Waals surface area contributed by atoms with E-state index in [9.17, 15) is 0 Å². The van der Waals surface area contributed by atoms with Crippen LogP contribution in [0, 0.1) is 5.92 Å². The normalized spacial score (nSPS) is 18.9. The van der Waals surface area contributed by atoms with Crippen LogP contribution in [0.2, 0.25) is 0 Å². The molecular weight excluding hydrogens is 384 g/mol. The van der Waals surface area contributed by atoms with E-state index in [0.717, 1.165) is 48.8 Å². The molecule has 0 saturated heterocycles. The first-order valence-electron chi connectivity index (χ1n) is 11.8. The molecule has 1 aromatic rings. The molecule has 6 nitrogen and oxygen atoms in total. The molecule has 0 radical (unpaired) electrons. The van der Waals surface area contributed by atoms with Crippen LogP contribution in [0.3, 0.4) is 0 Å². The molecular formula is C25H44N6. The number of hydrogen-bond acceptors (Lipinski definition) is 6. The molecule has 0 spiro atoms. The largest absolute Gasteiger partial charge is 0.394 e. The maximum Gasteiger partial charge on any atom is 0.223 e. The summed E-state index contributed by atoms with van der Waals surface area (Å²) in [5, 5.41) is 13.2. The first-order chi connectivity index (χ1) is 15.1. The van der Waals surface area contributed by atoms with Gasteiger partial charge in [-0.15, -0.1) is 0 Å². The Labute approximate surface area is 190 Å². The Morgan fingerprint density at radius 3 is 2.58 bits per heavy atom. The molecule has 6 heteroatoms. The Balaban J connectivity index is 0.00000233. The van der Waals surface area contributed by atoms with Crippen molar-refractivity contribution in [1.82, 2.24) is 25.9 Å². The van der Waals surface area contributed by atoms with Gasteiger partial charge in [-0.05, 0) is 68.5 Å². The van der Waals surface area contributed by atoms with Crippen LogP contribution >= 0.6 is 0 Å². The molecule has 0 amide bonds. The first kappa shape index (κ1) is 26.9. The molecule has 1 aliphatic rings. The summed E-state index contributed by atoms with van der Waals surface area (Å²) in [6, 6.07) is 2.42. The molecule has 4 N–H and O–H groups in total. The Morgan fingerprint density at radius 2 is 1.90 bits per heavy atom. The second kappa shape index (κ2) is 16.5. The van der Waals surface area contributed by atoms with Gasteiger partial charge in [0, 0.05) is 38.9 Å². The quantitative estimate of drug-likeness (QED) is 0.293. The first-order valence-corrected chi connectivity index (χ1v) is 11.8. The number of rotatable bonds is 12. The van der Waals surface area contributed by atoms with E-state index in [1.807, 2.05) is 46.4 Å². The van der Waals surface area contributed by atoms with Gasteiger partial charge in [0.15, 0.2) is 0 Å². The standard InChI is InChI=1S/C23H38N6.C2H6/c1-18-8-10-21(11-9-18)28-23-27-14-12-22(29-23)19(2)20(7-5-6-13-24-3)17-26-16-15-25-4;1-2/h6-7,12-14,18,21,24-26H,2,5,8-11,15-17H2,1,3-4H3,(H,27,28,29);1-2H3/b13-6-,20-7+;. The summed E-state index contributed by atoms with van der Waals surface area (Å²) >= 11 is 0. The Bertz CT molecular complexity index is 674. The van der Waals surface area contributed by atoms with E-state index >= 15 is 0 Å². The lowest BCUT2D eigenvalue weighted by Crippen LogP contribution is -2.27. The summed E-state index contributed by atoms with van der Waals surface area (Å²) in [5.41, 5.74) is 2.99. The number of hydrogen-bond donors (Lipinski definition) is 4. The van der Waals surface area contributed by atoms with Crippen molar-refractivity contribution in [2.24, 2.45) is 5.92 Å². The Hall–Kier alpha value is -2.18. The van der Waals surface area contributed by atoms with Crippen LogP contribution in [0.1, 0.15) is 58.6 Å². The van der Waals surface area contributed by atoms with Crippen molar-refractivity contribution in [1.29, 1.82) is 0 Å². The smallest absolute Gasteiger partial charge is 0.223 e. The number of nitrogens with zero attached hydrogens (tertiary/aromatic N) is 2.